The van der Waals surface area contributed by atoms with Crippen molar-refractivity contribution in [2.75, 3.05) is 6.61 Å². The summed E-state index contributed by atoms with van der Waals surface area (Å²) >= 11 is 0. The molecule has 0 heterocycles. The summed E-state index contributed by atoms with van der Waals surface area (Å²) in [4.78, 5) is 11.8. The molecule has 1 aliphatic rings. The number of amides is 1. The summed E-state index contributed by atoms with van der Waals surface area (Å²) in [5.41, 5.74) is 1.11. The van der Waals surface area contributed by atoms with Crippen LogP contribution in [0.25, 0.3) is 0 Å². The van der Waals surface area contributed by atoms with Crippen molar-refractivity contribution in [1.82, 2.24) is 10.0 Å². The number of sulfonamides is 1. The summed E-state index contributed by atoms with van der Waals surface area (Å²) in [7, 11) is -3.64. The third-order valence-corrected chi connectivity index (χ3v) is 5.32. The van der Waals surface area contributed by atoms with Gasteiger partial charge in [-0.2, -0.15) is 4.72 Å². The summed E-state index contributed by atoms with van der Waals surface area (Å²) in [6.45, 7) is 8.72. The Morgan fingerprint density at radius 1 is 1.57 bits per heavy atom. The number of aliphatic hydroxyl groups is 1. The average Bonchev–Trinajstić information content (AvgIpc) is 3.30. The lowest BCUT2D eigenvalue weighted by atomic mass is 9.91. The van der Waals surface area contributed by atoms with E-state index in [4.69, 9.17) is 4.74 Å². The fourth-order valence-corrected chi connectivity index (χ4v) is 3.62. The second-order valence-corrected chi connectivity index (χ2v) is 7.41. The molecule has 130 valence electrons. The molecule has 0 aromatic carbocycles. The fourth-order valence-electron chi connectivity index (χ4n) is 2.15. The topological polar surface area (TPSA) is 105 Å². The van der Waals surface area contributed by atoms with Crippen molar-refractivity contribution in [3.8, 4) is 0 Å². The molecule has 0 aromatic heterocycles. The number of rotatable bonds is 10. The van der Waals surface area contributed by atoms with Gasteiger partial charge in [0.2, 0.25) is 10.0 Å². The molecule has 3 N–H and O–H groups in total. The zero-order valence-corrected chi connectivity index (χ0v) is 14.1. The first kappa shape index (κ1) is 19.4. The molecule has 0 saturated heterocycles. The van der Waals surface area contributed by atoms with Gasteiger partial charge in [-0.05, 0) is 25.3 Å². The molecule has 2 unspecified atom stereocenters. The van der Waals surface area contributed by atoms with E-state index in [1.165, 1.54) is 12.2 Å². The van der Waals surface area contributed by atoms with Crippen LogP contribution in [-0.4, -0.2) is 43.2 Å². The molecule has 23 heavy (non-hydrogen) atoms. The molecule has 1 saturated carbocycles. The molecule has 1 aliphatic carbocycles. The minimum absolute atomic E-state index is 0.00423. The number of carbonyl (C=O) groups excluding carboxylic acids is 1. The van der Waals surface area contributed by atoms with Crippen molar-refractivity contribution in [1.29, 1.82) is 0 Å². The molecule has 2 atom stereocenters. The second-order valence-electron chi connectivity index (χ2n) is 5.42. The number of nitrogens with one attached hydrogen (secondary N) is 2. The van der Waals surface area contributed by atoms with Gasteiger partial charge in [0, 0.05) is 0 Å². The van der Waals surface area contributed by atoms with Crippen molar-refractivity contribution in [2.24, 2.45) is 0 Å². The summed E-state index contributed by atoms with van der Waals surface area (Å²) in [5, 5.41) is 12.4. The molecule has 0 radical (unpaired) electrons. The monoisotopic (exact) mass is 344 g/mol. The number of hydrogen-bond donors (Lipinski definition) is 3. The van der Waals surface area contributed by atoms with Gasteiger partial charge in [0.25, 0.3) is 0 Å². The van der Waals surface area contributed by atoms with Crippen LogP contribution in [0.1, 0.15) is 32.6 Å². The molecule has 1 fully saturated rings. The Hall–Kier alpha value is -1.60. The Morgan fingerprint density at radius 3 is 2.70 bits per heavy atom. The molecule has 8 heteroatoms. The number of carbonyl (C=O) groups is 1. The van der Waals surface area contributed by atoms with E-state index in [1.54, 1.807) is 0 Å². The van der Waals surface area contributed by atoms with Crippen LogP contribution in [0.15, 0.2) is 31.0 Å². The Labute approximate surface area is 137 Å². The Kier molecular flexibility index (Phi) is 7.02. The van der Waals surface area contributed by atoms with E-state index in [9.17, 15) is 18.3 Å². The highest BCUT2D eigenvalue weighted by atomic mass is 32.2. The number of alkyl carbamates (subject to hydrolysis) is 1. The molecular formula is C15H24N2O5S. The number of ether oxygens (including phenoxy) is 1. The van der Waals surface area contributed by atoms with Gasteiger partial charge in [-0.25, -0.2) is 13.2 Å². The van der Waals surface area contributed by atoms with E-state index in [0.29, 0.717) is 19.3 Å². The fraction of sp³-hybridized carbons (Fsp3) is 0.600. The lowest BCUT2D eigenvalue weighted by molar-refractivity contribution is 0.0642. The predicted molar refractivity (Wildman–Crippen MR) is 87.1 cm³/mol. The van der Waals surface area contributed by atoms with Crippen LogP contribution in [0.3, 0.4) is 0 Å². The van der Waals surface area contributed by atoms with Gasteiger partial charge in [-0.3, -0.25) is 0 Å². The molecule has 1 rings (SSSR count). The van der Waals surface area contributed by atoms with Crippen LogP contribution in [-0.2, 0) is 14.8 Å². The third kappa shape index (κ3) is 5.51. The first-order valence-corrected chi connectivity index (χ1v) is 8.98. The van der Waals surface area contributed by atoms with E-state index in [0.717, 1.165) is 0 Å². The van der Waals surface area contributed by atoms with E-state index in [1.807, 2.05) is 6.92 Å². The normalized spacial score (nSPS) is 18.2. The third-order valence-electron chi connectivity index (χ3n) is 3.42. The molecule has 0 aromatic rings. The van der Waals surface area contributed by atoms with Crippen molar-refractivity contribution in [3.05, 3.63) is 31.0 Å². The minimum atomic E-state index is -3.64. The molecule has 0 bridgehead atoms. The summed E-state index contributed by atoms with van der Waals surface area (Å²) in [6, 6.07) is 0. The standard InChI is InChI=1S/C15H24N2O5S/c1-4-9-15(10-5-2,16-14(19)22-11-6-3)13(18)17-23(20,21)12-7-8-12/h6,9,12-13,17-18H,1,3,5,7-8,10-11H2,2H3,(H,16,19). The highest BCUT2D eigenvalue weighted by Gasteiger charge is 2.43. The van der Waals surface area contributed by atoms with Crippen molar-refractivity contribution < 1.29 is 23.1 Å². The zero-order chi connectivity index (χ0) is 17.5. The molecule has 0 spiro atoms. The smallest absolute Gasteiger partial charge is 0.408 e. The van der Waals surface area contributed by atoms with Crippen LogP contribution in [0.5, 0.6) is 0 Å². The maximum Gasteiger partial charge on any atom is 0.408 e. The van der Waals surface area contributed by atoms with E-state index in [-0.39, 0.29) is 13.0 Å². The van der Waals surface area contributed by atoms with Gasteiger partial charge in [0.05, 0.1) is 5.25 Å². The molecule has 7 nitrogen and oxygen atoms in total. The van der Waals surface area contributed by atoms with Crippen LogP contribution in [0.2, 0.25) is 0 Å². The summed E-state index contributed by atoms with van der Waals surface area (Å²) < 4.78 is 31.2. The zero-order valence-electron chi connectivity index (χ0n) is 13.2. The van der Waals surface area contributed by atoms with Gasteiger partial charge >= 0.3 is 6.09 Å². The quantitative estimate of drug-likeness (QED) is 0.313. The first-order chi connectivity index (χ1) is 10.8. The van der Waals surface area contributed by atoms with Crippen molar-refractivity contribution in [2.45, 2.75) is 49.6 Å². The highest BCUT2D eigenvalue weighted by Crippen LogP contribution is 2.29. The first-order valence-electron chi connectivity index (χ1n) is 7.43. The summed E-state index contributed by atoms with van der Waals surface area (Å²) in [5.74, 6) is 0. The lowest BCUT2D eigenvalue weighted by Gasteiger charge is -2.35. The maximum absolute atomic E-state index is 12.0. The van der Waals surface area contributed by atoms with Crippen LogP contribution >= 0.6 is 0 Å². The Bertz CT molecular complexity index is 579. The van der Waals surface area contributed by atoms with Crippen LogP contribution in [0.4, 0.5) is 4.79 Å². The van der Waals surface area contributed by atoms with Crippen molar-refractivity contribution >= 4 is 16.1 Å². The minimum Gasteiger partial charge on any atom is -0.445 e. The average molecular weight is 344 g/mol. The highest BCUT2D eigenvalue weighted by molar-refractivity contribution is 7.90. The van der Waals surface area contributed by atoms with Gasteiger partial charge in [0.15, 0.2) is 0 Å². The molecule has 0 aliphatic heterocycles. The van der Waals surface area contributed by atoms with Gasteiger partial charge in [-0.1, -0.05) is 32.6 Å². The Balaban J connectivity index is 2.98. The van der Waals surface area contributed by atoms with E-state index in [2.05, 4.69) is 28.9 Å². The Morgan fingerprint density at radius 2 is 2.22 bits per heavy atom. The van der Waals surface area contributed by atoms with E-state index >= 15 is 0 Å². The van der Waals surface area contributed by atoms with Crippen LogP contribution in [0, 0.1) is 0 Å². The second kappa shape index (κ2) is 8.31. The van der Waals surface area contributed by atoms with E-state index < -0.39 is 33.1 Å². The van der Waals surface area contributed by atoms with Gasteiger partial charge in [0.1, 0.15) is 18.4 Å². The van der Waals surface area contributed by atoms with Crippen molar-refractivity contribution in [3.63, 3.8) is 0 Å². The number of hydrogen-bond acceptors (Lipinski definition) is 5. The lowest BCUT2D eigenvalue weighted by Crippen LogP contribution is -2.61. The largest absolute Gasteiger partial charge is 0.445 e. The molecular weight excluding hydrogens is 320 g/mol. The number of aliphatic hydroxyl groups excluding tert-OH is 1. The summed E-state index contributed by atoms with van der Waals surface area (Å²) in [6.07, 6.45) is 2.36. The molecule has 1 amide bonds. The van der Waals surface area contributed by atoms with Crippen LogP contribution < -0.4 is 10.0 Å². The van der Waals surface area contributed by atoms with Gasteiger partial charge < -0.3 is 15.2 Å². The van der Waals surface area contributed by atoms with Gasteiger partial charge in [-0.15, -0.1) is 5.73 Å². The predicted octanol–water partition coefficient (Wildman–Crippen LogP) is 1.18. The SMILES string of the molecule is C=C=CC(CCC)(NC(=O)OCC=C)C(O)NS(=O)(=O)C1CC1. The maximum atomic E-state index is 12.0.